The maximum atomic E-state index is 12.0. The summed E-state index contributed by atoms with van der Waals surface area (Å²) in [6.45, 7) is 5.02. The van der Waals surface area contributed by atoms with Crippen LogP contribution in [0.25, 0.3) is 0 Å². The van der Waals surface area contributed by atoms with Gasteiger partial charge in [0.25, 0.3) is 5.91 Å². The molecule has 0 aromatic carbocycles. The minimum Gasteiger partial charge on any atom is -0.396 e. The molecular weight excluding hydrogens is 206 g/mol. The smallest absolute Gasteiger partial charge is 0.255 e. The van der Waals surface area contributed by atoms with Gasteiger partial charge in [-0.1, -0.05) is 0 Å². The number of amides is 1. The first-order chi connectivity index (χ1) is 7.61. The summed E-state index contributed by atoms with van der Waals surface area (Å²) in [7, 11) is 0. The molecule has 1 fully saturated rings. The summed E-state index contributed by atoms with van der Waals surface area (Å²) in [5.41, 5.74) is 2.01. The highest BCUT2D eigenvalue weighted by molar-refractivity contribution is 5.95. The molecule has 0 aliphatic carbocycles. The summed E-state index contributed by atoms with van der Waals surface area (Å²) < 4.78 is 0. The third kappa shape index (κ3) is 1.90. The number of hydrogen-bond donors (Lipinski definition) is 1. The van der Waals surface area contributed by atoms with Crippen LogP contribution >= 0.6 is 0 Å². The van der Waals surface area contributed by atoms with Crippen molar-refractivity contribution in [2.75, 3.05) is 19.7 Å². The third-order valence-electron chi connectivity index (χ3n) is 2.83. The van der Waals surface area contributed by atoms with Crippen LogP contribution in [-0.4, -0.2) is 45.8 Å². The Labute approximate surface area is 94.1 Å². The lowest BCUT2D eigenvalue weighted by atomic mass is 9.99. The van der Waals surface area contributed by atoms with Gasteiger partial charge in [0.05, 0.1) is 17.0 Å². The monoisotopic (exact) mass is 221 g/mol. The van der Waals surface area contributed by atoms with Crippen LogP contribution < -0.4 is 0 Å². The van der Waals surface area contributed by atoms with Gasteiger partial charge in [-0.05, 0) is 19.9 Å². The first-order valence-electron chi connectivity index (χ1n) is 5.33. The van der Waals surface area contributed by atoms with Crippen LogP contribution in [0.2, 0.25) is 0 Å². The average Bonchev–Trinajstić information content (AvgIpc) is 2.20. The molecule has 5 nitrogen and oxygen atoms in total. The summed E-state index contributed by atoms with van der Waals surface area (Å²) in [5.74, 6) is 0.223. The molecule has 1 N–H and O–H groups in total. The first-order valence-corrected chi connectivity index (χ1v) is 5.33. The van der Waals surface area contributed by atoms with Gasteiger partial charge in [0.2, 0.25) is 0 Å². The molecule has 86 valence electrons. The summed E-state index contributed by atoms with van der Waals surface area (Å²) in [5, 5.41) is 16.7. The Kier molecular flexibility index (Phi) is 2.87. The van der Waals surface area contributed by atoms with E-state index >= 15 is 0 Å². The molecule has 2 rings (SSSR count). The van der Waals surface area contributed by atoms with Crippen LogP contribution in [0.1, 0.15) is 21.7 Å². The van der Waals surface area contributed by atoms with Crippen LogP contribution in [0.4, 0.5) is 0 Å². The Balaban J connectivity index is 2.13. The van der Waals surface area contributed by atoms with Crippen molar-refractivity contribution < 1.29 is 9.90 Å². The normalized spacial score (nSPS) is 16.1. The summed E-state index contributed by atoms with van der Waals surface area (Å²) >= 11 is 0. The minimum absolute atomic E-state index is 0.0137. The molecule has 1 saturated heterocycles. The number of carbonyl (C=O) groups excluding carboxylic acids is 1. The van der Waals surface area contributed by atoms with E-state index in [-0.39, 0.29) is 18.4 Å². The molecule has 0 atom stereocenters. The second-order valence-electron chi connectivity index (χ2n) is 4.24. The third-order valence-corrected chi connectivity index (χ3v) is 2.83. The molecule has 0 bridgehead atoms. The van der Waals surface area contributed by atoms with Crippen LogP contribution in [-0.2, 0) is 0 Å². The van der Waals surface area contributed by atoms with E-state index in [9.17, 15) is 4.79 Å². The van der Waals surface area contributed by atoms with E-state index < -0.39 is 0 Å². The molecule has 0 saturated carbocycles. The minimum atomic E-state index is -0.0137. The van der Waals surface area contributed by atoms with Gasteiger partial charge in [-0.15, -0.1) is 0 Å². The van der Waals surface area contributed by atoms with Crippen LogP contribution in [0.5, 0.6) is 0 Å². The molecule has 2 heterocycles. The molecule has 0 spiro atoms. The lowest BCUT2D eigenvalue weighted by Crippen LogP contribution is -2.51. The predicted octanol–water partition coefficient (Wildman–Crippen LogP) is 0.158. The zero-order chi connectivity index (χ0) is 11.7. The van der Waals surface area contributed by atoms with Crippen molar-refractivity contribution >= 4 is 5.91 Å². The number of likely N-dealkylation sites (tertiary alicyclic amines) is 1. The van der Waals surface area contributed by atoms with Gasteiger partial charge in [0.1, 0.15) is 0 Å². The number of aryl methyl sites for hydroxylation is 2. The Morgan fingerprint density at radius 3 is 2.81 bits per heavy atom. The highest BCUT2D eigenvalue weighted by Gasteiger charge is 2.31. The zero-order valence-corrected chi connectivity index (χ0v) is 9.47. The molecular formula is C11H15N3O2. The van der Waals surface area contributed by atoms with E-state index in [4.69, 9.17) is 5.11 Å². The van der Waals surface area contributed by atoms with Gasteiger partial charge < -0.3 is 10.0 Å². The van der Waals surface area contributed by atoms with Crippen LogP contribution in [0.3, 0.4) is 0 Å². The number of nitrogens with zero attached hydrogens (tertiary/aromatic N) is 3. The Morgan fingerprint density at radius 2 is 2.19 bits per heavy atom. The Morgan fingerprint density at radius 1 is 1.50 bits per heavy atom. The average molecular weight is 221 g/mol. The highest BCUT2D eigenvalue weighted by Crippen LogP contribution is 2.19. The molecule has 1 aromatic heterocycles. The molecule has 16 heavy (non-hydrogen) atoms. The Bertz CT molecular complexity index is 414. The fourth-order valence-corrected chi connectivity index (χ4v) is 1.79. The summed E-state index contributed by atoms with van der Waals surface area (Å²) in [4.78, 5) is 13.8. The maximum absolute atomic E-state index is 12.0. The van der Waals surface area contributed by atoms with Crippen LogP contribution in [0, 0.1) is 19.8 Å². The summed E-state index contributed by atoms with van der Waals surface area (Å²) in [6.07, 6.45) is 0. The van der Waals surface area contributed by atoms with E-state index in [0.29, 0.717) is 24.3 Å². The second-order valence-corrected chi connectivity index (χ2v) is 4.24. The standard InChI is InChI=1S/C11H15N3O2/c1-7-3-10(8(2)13-12-7)11(16)14-4-9(5-14)6-15/h3,9,15H,4-6H2,1-2H3. The molecule has 1 amide bonds. The van der Waals surface area contributed by atoms with E-state index in [2.05, 4.69) is 10.2 Å². The van der Waals surface area contributed by atoms with Gasteiger partial charge in [-0.25, -0.2) is 0 Å². The van der Waals surface area contributed by atoms with Crippen molar-refractivity contribution in [2.45, 2.75) is 13.8 Å². The van der Waals surface area contributed by atoms with Crippen molar-refractivity contribution in [3.8, 4) is 0 Å². The second kappa shape index (κ2) is 4.17. The van der Waals surface area contributed by atoms with Crippen molar-refractivity contribution in [2.24, 2.45) is 5.92 Å². The van der Waals surface area contributed by atoms with Gasteiger partial charge >= 0.3 is 0 Å². The Hall–Kier alpha value is -1.49. The largest absolute Gasteiger partial charge is 0.396 e. The molecule has 1 aromatic rings. The fourth-order valence-electron chi connectivity index (χ4n) is 1.79. The van der Waals surface area contributed by atoms with Crippen molar-refractivity contribution in [1.29, 1.82) is 0 Å². The molecule has 0 radical (unpaired) electrons. The molecule has 0 unspecified atom stereocenters. The summed E-state index contributed by atoms with van der Waals surface area (Å²) in [6, 6.07) is 1.76. The molecule has 1 aliphatic rings. The fraction of sp³-hybridized carbons (Fsp3) is 0.545. The maximum Gasteiger partial charge on any atom is 0.255 e. The zero-order valence-electron chi connectivity index (χ0n) is 9.47. The van der Waals surface area contributed by atoms with Crippen molar-refractivity contribution in [1.82, 2.24) is 15.1 Å². The van der Waals surface area contributed by atoms with Gasteiger partial charge in [-0.2, -0.15) is 10.2 Å². The van der Waals surface area contributed by atoms with E-state index in [1.807, 2.05) is 6.92 Å². The quantitative estimate of drug-likeness (QED) is 0.772. The number of hydrogen-bond acceptors (Lipinski definition) is 4. The first kappa shape index (κ1) is 11.0. The topological polar surface area (TPSA) is 66.3 Å². The number of carbonyl (C=O) groups is 1. The van der Waals surface area contributed by atoms with Gasteiger partial charge in [0.15, 0.2) is 0 Å². The van der Waals surface area contributed by atoms with Crippen LogP contribution in [0.15, 0.2) is 6.07 Å². The lowest BCUT2D eigenvalue weighted by molar-refractivity contribution is 0.0360. The van der Waals surface area contributed by atoms with E-state index in [1.165, 1.54) is 0 Å². The predicted molar refractivity (Wildman–Crippen MR) is 58.0 cm³/mol. The van der Waals surface area contributed by atoms with Gasteiger partial charge in [0, 0.05) is 25.6 Å². The SMILES string of the molecule is Cc1cc(C(=O)N2CC(CO)C2)c(C)nn1. The number of aliphatic hydroxyl groups is 1. The molecule has 5 heteroatoms. The lowest BCUT2D eigenvalue weighted by Gasteiger charge is -2.38. The number of rotatable bonds is 2. The highest BCUT2D eigenvalue weighted by atomic mass is 16.3. The molecule has 1 aliphatic heterocycles. The van der Waals surface area contributed by atoms with Crippen molar-refractivity contribution in [3.63, 3.8) is 0 Å². The van der Waals surface area contributed by atoms with E-state index in [0.717, 1.165) is 5.69 Å². The van der Waals surface area contributed by atoms with Gasteiger partial charge in [-0.3, -0.25) is 4.79 Å². The number of aliphatic hydroxyl groups excluding tert-OH is 1. The van der Waals surface area contributed by atoms with E-state index in [1.54, 1.807) is 17.9 Å². The number of aromatic nitrogens is 2. The van der Waals surface area contributed by atoms with Crippen molar-refractivity contribution in [3.05, 3.63) is 23.0 Å².